The molecule has 2 aromatic carbocycles. The number of carbonyl (C=O) groups is 1. The van der Waals surface area contributed by atoms with Gasteiger partial charge < -0.3 is 15.2 Å². The van der Waals surface area contributed by atoms with Crippen LogP contribution in [0.2, 0.25) is 0 Å². The lowest BCUT2D eigenvalue weighted by Crippen LogP contribution is -2.16. The van der Waals surface area contributed by atoms with Crippen LogP contribution in [-0.4, -0.2) is 18.1 Å². The summed E-state index contributed by atoms with van der Waals surface area (Å²) < 4.78 is 5.17. The zero-order chi connectivity index (χ0) is 19.3. The summed E-state index contributed by atoms with van der Waals surface area (Å²) in [6, 6.07) is 15.8. The van der Waals surface area contributed by atoms with Gasteiger partial charge in [-0.3, -0.25) is 4.79 Å². The Morgan fingerprint density at radius 1 is 1.12 bits per heavy atom. The molecule has 5 nitrogen and oxygen atoms in total. The maximum absolute atomic E-state index is 12.4. The van der Waals surface area contributed by atoms with Gasteiger partial charge in [-0.15, -0.1) is 0 Å². The first-order valence-electron chi connectivity index (χ1n) is 8.16. The summed E-state index contributed by atoms with van der Waals surface area (Å²) in [6.07, 6.45) is 0. The topological polar surface area (TPSA) is 82.3 Å². The van der Waals surface area contributed by atoms with E-state index in [-0.39, 0.29) is 16.6 Å². The number of nitrogens with zero attached hydrogens (tertiary/aromatic N) is 1. The van der Waals surface area contributed by atoms with Gasteiger partial charge >= 0.3 is 0 Å². The van der Waals surface area contributed by atoms with E-state index in [1.54, 1.807) is 42.5 Å². The normalized spacial score (nSPS) is 12.0. The number of hydrogen-bond donors (Lipinski definition) is 2. The number of nitriles is 1. The molecule has 2 N–H and O–H groups in total. The zero-order valence-corrected chi connectivity index (χ0v) is 15.3. The average Bonchev–Trinajstić information content (AvgIpc) is 2.61. The standard InChI is InChI=1S/C21H22N2O3/c1-21(2,3)14-9-11-15(12-10-14)23-20(25)17(13-22)19(24)16-7-5-6-8-18(16)26-4/h5-12,24H,1-4H3,(H,23,25)/b19-17-. The lowest BCUT2D eigenvalue weighted by Gasteiger charge is -2.19. The van der Waals surface area contributed by atoms with Gasteiger partial charge in [-0.2, -0.15) is 5.26 Å². The Bertz CT molecular complexity index is 869. The van der Waals surface area contributed by atoms with Crippen LogP contribution in [0.4, 0.5) is 5.69 Å². The van der Waals surface area contributed by atoms with E-state index >= 15 is 0 Å². The number of amides is 1. The molecule has 0 aliphatic heterocycles. The van der Waals surface area contributed by atoms with Crippen LogP contribution in [0.1, 0.15) is 31.9 Å². The molecule has 5 heteroatoms. The molecule has 0 bridgehead atoms. The van der Waals surface area contributed by atoms with Crippen LogP contribution in [0, 0.1) is 11.3 Å². The fraction of sp³-hybridized carbons (Fsp3) is 0.238. The molecule has 0 spiro atoms. The molecule has 0 atom stereocenters. The SMILES string of the molecule is COc1ccccc1/C(O)=C(\C#N)C(=O)Nc1ccc(C(C)(C)C)cc1. The Morgan fingerprint density at radius 2 is 1.73 bits per heavy atom. The number of anilines is 1. The van der Waals surface area contributed by atoms with Gasteiger partial charge in [0.1, 0.15) is 17.6 Å². The fourth-order valence-corrected chi connectivity index (χ4v) is 2.43. The van der Waals surface area contributed by atoms with Crippen molar-refractivity contribution in [1.29, 1.82) is 5.26 Å². The second-order valence-corrected chi connectivity index (χ2v) is 6.82. The van der Waals surface area contributed by atoms with Crippen LogP contribution in [0.15, 0.2) is 54.1 Å². The summed E-state index contributed by atoms with van der Waals surface area (Å²) in [4.78, 5) is 12.4. The number of ether oxygens (including phenoxy) is 1. The van der Waals surface area contributed by atoms with E-state index in [9.17, 15) is 15.2 Å². The molecule has 26 heavy (non-hydrogen) atoms. The molecule has 0 aromatic heterocycles. The monoisotopic (exact) mass is 350 g/mol. The number of methoxy groups -OCH3 is 1. The molecular weight excluding hydrogens is 328 g/mol. The van der Waals surface area contributed by atoms with E-state index in [1.165, 1.54) is 7.11 Å². The Hall–Kier alpha value is -3.26. The summed E-state index contributed by atoms with van der Waals surface area (Å²) in [5.41, 5.74) is 1.58. The first-order valence-corrected chi connectivity index (χ1v) is 8.16. The van der Waals surface area contributed by atoms with Gasteiger partial charge in [-0.25, -0.2) is 0 Å². The number of benzene rings is 2. The summed E-state index contributed by atoms with van der Waals surface area (Å²) in [7, 11) is 1.45. The van der Waals surface area contributed by atoms with Crippen molar-refractivity contribution in [2.45, 2.75) is 26.2 Å². The predicted octanol–water partition coefficient (Wildman–Crippen LogP) is 4.42. The van der Waals surface area contributed by atoms with Gasteiger partial charge in [-0.05, 0) is 35.2 Å². The Balaban J connectivity index is 2.30. The Morgan fingerprint density at radius 3 is 2.27 bits per heavy atom. The Kier molecular flexibility index (Phi) is 5.68. The van der Waals surface area contributed by atoms with E-state index in [0.717, 1.165) is 5.56 Å². The van der Waals surface area contributed by atoms with Crippen molar-refractivity contribution >= 4 is 17.4 Å². The van der Waals surface area contributed by atoms with E-state index in [2.05, 4.69) is 26.1 Å². The lowest BCUT2D eigenvalue weighted by molar-refractivity contribution is -0.112. The molecule has 0 aliphatic carbocycles. The van der Waals surface area contributed by atoms with Crippen LogP contribution < -0.4 is 10.1 Å². The summed E-state index contributed by atoms with van der Waals surface area (Å²) in [5.74, 6) is -0.728. The lowest BCUT2D eigenvalue weighted by atomic mass is 9.87. The average molecular weight is 350 g/mol. The minimum absolute atomic E-state index is 0.00237. The number of para-hydroxylation sites is 1. The van der Waals surface area contributed by atoms with Crippen LogP contribution in [0.3, 0.4) is 0 Å². The largest absolute Gasteiger partial charge is 0.506 e. The first kappa shape index (κ1) is 19.1. The van der Waals surface area contributed by atoms with E-state index < -0.39 is 11.7 Å². The fourth-order valence-electron chi connectivity index (χ4n) is 2.43. The highest BCUT2D eigenvalue weighted by molar-refractivity contribution is 6.11. The summed E-state index contributed by atoms with van der Waals surface area (Å²) in [5, 5.41) is 22.4. The van der Waals surface area contributed by atoms with E-state index in [0.29, 0.717) is 11.4 Å². The highest BCUT2D eigenvalue weighted by Gasteiger charge is 2.19. The molecule has 0 saturated heterocycles. The van der Waals surface area contributed by atoms with Gasteiger partial charge in [0.25, 0.3) is 5.91 Å². The summed E-state index contributed by atoms with van der Waals surface area (Å²) >= 11 is 0. The molecule has 0 unspecified atom stereocenters. The van der Waals surface area contributed by atoms with E-state index in [1.807, 2.05) is 12.1 Å². The second-order valence-electron chi connectivity index (χ2n) is 6.82. The molecule has 0 radical (unpaired) electrons. The number of rotatable bonds is 4. The van der Waals surface area contributed by atoms with Gasteiger partial charge in [0.15, 0.2) is 5.57 Å². The van der Waals surface area contributed by atoms with Gasteiger partial charge in [0, 0.05) is 5.69 Å². The number of aliphatic hydroxyl groups is 1. The number of aliphatic hydroxyl groups excluding tert-OH is 1. The second kappa shape index (κ2) is 7.75. The minimum Gasteiger partial charge on any atom is -0.506 e. The van der Waals surface area contributed by atoms with Crippen LogP contribution in [-0.2, 0) is 10.2 Å². The summed E-state index contributed by atoms with van der Waals surface area (Å²) in [6.45, 7) is 6.30. The molecule has 0 saturated carbocycles. The van der Waals surface area contributed by atoms with Crippen molar-refractivity contribution in [3.8, 4) is 11.8 Å². The van der Waals surface area contributed by atoms with Crippen molar-refractivity contribution in [3.63, 3.8) is 0 Å². The smallest absolute Gasteiger partial charge is 0.270 e. The number of hydrogen-bond acceptors (Lipinski definition) is 4. The van der Waals surface area contributed by atoms with Crippen LogP contribution >= 0.6 is 0 Å². The van der Waals surface area contributed by atoms with Crippen molar-refractivity contribution < 1.29 is 14.6 Å². The van der Waals surface area contributed by atoms with Gasteiger partial charge in [0.2, 0.25) is 0 Å². The predicted molar refractivity (Wildman–Crippen MR) is 102 cm³/mol. The third kappa shape index (κ3) is 4.22. The molecular formula is C21H22N2O3. The number of carbonyl (C=O) groups excluding carboxylic acids is 1. The van der Waals surface area contributed by atoms with Crippen LogP contribution in [0.5, 0.6) is 5.75 Å². The first-order chi connectivity index (χ1) is 12.3. The Labute approximate surface area is 153 Å². The third-order valence-corrected chi connectivity index (χ3v) is 3.95. The molecule has 2 aromatic rings. The van der Waals surface area contributed by atoms with E-state index in [4.69, 9.17) is 4.74 Å². The van der Waals surface area contributed by atoms with Gasteiger partial charge in [0.05, 0.1) is 12.7 Å². The molecule has 0 aliphatic rings. The van der Waals surface area contributed by atoms with Crippen molar-refractivity contribution in [3.05, 3.63) is 65.2 Å². The van der Waals surface area contributed by atoms with Crippen LogP contribution in [0.25, 0.3) is 5.76 Å². The van der Waals surface area contributed by atoms with Crippen molar-refractivity contribution in [2.24, 2.45) is 0 Å². The van der Waals surface area contributed by atoms with Gasteiger partial charge in [-0.1, -0.05) is 45.0 Å². The minimum atomic E-state index is -0.681. The third-order valence-electron chi connectivity index (χ3n) is 3.95. The quantitative estimate of drug-likeness (QED) is 0.486. The maximum atomic E-state index is 12.4. The molecule has 0 fully saturated rings. The molecule has 1 amide bonds. The number of nitrogens with one attached hydrogen (secondary N) is 1. The van der Waals surface area contributed by atoms with Crippen molar-refractivity contribution in [1.82, 2.24) is 0 Å². The molecule has 2 rings (SSSR count). The highest BCUT2D eigenvalue weighted by atomic mass is 16.5. The highest BCUT2D eigenvalue weighted by Crippen LogP contribution is 2.27. The molecule has 134 valence electrons. The van der Waals surface area contributed by atoms with Crippen molar-refractivity contribution in [2.75, 3.05) is 12.4 Å². The molecule has 0 heterocycles. The maximum Gasteiger partial charge on any atom is 0.270 e. The zero-order valence-electron chi connectivity index (χ0n) is 15.3.